The molecule has 0 unspecified atom stereocenters. The molecule has 2 aromatic rings. The second-order valence-corrected chi connectivity index (χ2v) is 4.50. The molecule has 0 aliphatic heterocycles. The van der Waals surface area contributed by atoms with Crippen LogP contribution in [0, 0.1) is 0 Å². The molecule has 6 nitrogen and oxygen atoms in total. The Morgan fingerprint density at radius 2 is 1.25 bits per heavy atom. The molecule has 0 spiro atoms. The third kappa shape index (κ3) is 4.36. The molecule has 0 aliphatic rings. The van der Waals surface area contributed by atoms with Crippen LogP contribution < -0.4 is 16.2 Å². The van der Waals surface area contributed by atoms with Gasteiger partial charge < -0.3 is 16.2 Å². The molecule has 0 aliphatic carbocycles. The molecule has 2 rings (SSSR count). The summed E-state index contributed by atoms with van der Waals surface area (Å²) in [5, 5.41) is 0. The van der Waals surface area contributed by atoms with Gasteiger partial charge in [0.05, 0.1) is 11.1 Å². The fourth-order valence-electron chi connectivity index (χ4n) is 1.68. The van der Waals surface area contributed by atoms with E-state index in [4.69, 9.17) is 16.2 Å². The Bertz CT molecular complexity index is 693. The maximum atomic E-state index is 12.7. The summed E-state index contributed by atoms with van der Waals surface area (Å²) < 4.78 is 81.2. The number of hydrogen-bond donors (Lipinski definition) is 2. The lowest BCUT2D eigenvalue weighted by molar-refractivity contribution is -0.143. The highest BCUT2D eigenvalue weighted by Crippen LogP contribution is 2.38. The van der Waals surface area contributed by atoms with Gasteiger partial charge in [-0.2, -0.15) is 41.3 Å². The van der Waals surface area contributed by atoms with Crippen molar-refractivity contribution in [3.63, 3.8) is 0 Å². The molecule has 4 N–H and O–H groups in total. The third-order valence-electron chi connectivity index (χ3n) is 2.65. The second kappa shape index (κ2) is 6.02. The van der Waals surface area contributed by atoms with Crippen molar-refractivity contribution < 1.29 is 31.1 Å². The van der Waals surface area contributed by atoms with Crippen molar-refractivity contribution in [3.05, 3.63) is 35.2 Å². The van der Waals surface area contributed by atoms with Gasteiger partial charge in [0.2, 0.25) is 11.9 Å². The van der Waals surface area contributed by atoms with Gasteiger partial charge in [-0.1, -0.05) is 0 Å². The second-order valence-electron chi connectivity index (χ2n) is 4.50. The van der Waals surface area contributed by atoms with Crippen LogP contribution in [-0.2, 0) is 19.0 Å². The number of nitrogen functional groups attached to an aromatic ring is 2. The van der Waals surface area contributed by atoms with Gasteiger partial charge in [-0.3, -0.25) is 0 Å². The van der Waals surface area contributed by atoms with Gasteiger partial charge in [-0.25, -0.2) is 0 Å². The summed E-state index contributed by atoms with van der Waals surface area (Å²) in [6.45, 7) is -0.546. The number of nitrogens with zero attached hydrogens (tertiary/aromatic N) is 3. The number of aromatic nitrogens is 3. The number of halogens is 6. The topological polar surface area (TPSA) is 99.9 Å². The highest BCUT2D eigenvalue weighted by atomic mass is 19.4. The van der Waals surface area contributed by atoms with E-state index in [1.165, 1.54) is 0 Å². The minimum atomic E-state index is -4.97. The summed E-state index contributed by atoms with van der Waals surface area (Å²) >= 11 is 0. The molecule has 24 heavy (non-hydrogen) atoms. The number of benzene rings is 1. The molecule has 0 fully saturated rings. The monoisotopic (exact) mass is 353 g/mol. The summed E-state index contributed by atoms with van der Waals surface area (Å²) in [5.41, 5.74) is 7.59. The highest BCUT2D eigenvalue weighted by molar-refractivity contribution is 5.37. The lowest BCUT2D eigenvalue weighted by Gasteiger charge is -2.14. The Hall–Kier alpha value is -2.79. The van der Waals surface area contributed by atoms with Gasteiger partial charge in [0, 0.05) is 0 Å². The van der Waals surface area contributed by atoms with E-state index in [1.807, 2.05) is 0 Å². The number of rotatable bonds is 3. The molecule has 0 saturated heterocycles. The van der Waals surface area contributed by atoms with Gasteiger partial charge in [0.1, 0.15) is 12.4 Å². The molecular formula is C12H9F6N5O. The Balaban J connectivity index is 2.32. The van der Waals surface area contributed by atoms with Gasteiger partial charge in [-0.15, -0.1) is 0 Å². The predicted octanol–water partition coefficient (Wildman–Crippen LogP) is 2.65. The first kappa shape index (κ1) is 17.6. The molecule has 0 bridgehead atoms. The van der Waals surface area contributed by atoms with Gasteiger partial charge in [-0.05, 0) is 18.2 Å². The van der Waals surface area contributed by atoms with Crippen LogP contribution in [0.25, 0.3) is 0 Å². The SMILES string of the molecule is Nc1nc(N)nc(COc2cc(C(F)(F)F)cc(C(F)(F)F)c2)n1. The largest absolute Gasteiger partial charge is 0.486 e. The van der Waals surface area contributed by atoms with Crippen molar-refractivity contribution in [3.8, 4) is 5.75 Å². The van der Waals surface area contributed by atoms with Crippen LogP contribution in [0.15, 0.2) is 18.2 Å². The minimum absolute atomic E-state index is 0.00816. The maximum Gasteiger partial charge on any atom is 0.416 e. The standard InChI is InChI=1S/C12H9F6N5O/c13-11(14,15)5-1-6(12(16,17)18)3-7(2-5)24-4-8-21-9(19)23-10(20)22-8/h1-3H,4H2,(H4,19,20,21,22,23). The van der Waals surface area contributed by atoms with Gasteiger partial charge in [0.15, 0.2) is 5.82 Å². The molecule has 0 saturated carbocycles. The Morgan fingerprint density at radius 1 is 0.792 bits per heavy atom. The summed E-state index contributed by atoms with van der Waals surface area (Å²) in [6.07, 6.45) is -9.94. The van der Waals surface area contributed by atoms with Crippen LogP contribution in [0.4, 0.5) is 38.2 Å². The zero-order valence-electron chi connectivity index (χ0n) is 11.6. The number of hydrogen-bond acceptors (Lipinski definition) is 6. The third-order valence-corrected chi connectivity index (χ3v) is 2.65. The quantitative estimate of drug-likeness (QED) is 0.823. The first-order valence-corrected chi connectivity index (χ1v) is 6.13. The van der Waals surface area contributed by atoms with Crippen LogP contribution in [0.1, 0.15) is 17.0 Å². The molecular weight excluding hydrogens is 344 g/mol. The van der Waals surface area contributed by atoms with Gasteiger partial charge in [0.25, 0.3) is 0 Å². The van der Waals surface area contributed by atoms with E-state index in [0.29, 0.717) is 12.1 Å². The molecule has 1 aromatic heterocycles. The zero-order chi connectivity index (χ0) is 18.1. The Labute approximate surface area is 130 Å². The van der Waals surface area contributed by atoms with E-state index < -0.39 is 35.8 Å². The molecule has 130 valence electrons. The lowest BCUT2D eigenvalue weighted by atomic mass is 10.1. The van der Waals surface area contributed by atoms with Gasteiger partial charge >= 0.3 is 12.4 Å². The van der Waals surface area contributed by atoms with E-state index in [0.717, 1.165) is 0 Å². The molecule has 0 atom stereocenters. The van der Waals surface area contributed by atoms with Crippen molar-refractivity contribution in [2.24, 2.45) is 0 Å². The molecule has 12 heteroatoms. The fourth-order valence-corrected chi connectivity index (χ4v) is 1.68. The van der Waals surface area contributed by atoms with Crippen LogP contribution >= 0.6 is 0 Å². The fraction of sp³-hybridized carbons (Fsp3) is 0.250. The van der Waals surface area contributed by atoms with Crippen LogP contribution in [0.2, 0.25) is 0 Å². The minimum Gasteiger partial charge on any atom is -0.486 e. The van der Waals surface area contributed by atoms with Crippen molar-refractivity contribution >= 4 is 11.9 Å². The van der Waals surface area contributed by atoms with E-state index in [2.05, 4.69) is 15.0 Å². The summed E-state index contributed by atoms with van der Waals surface area (Å²) in [6, 6.07) is 0.859. The average Bonchev–Trinajstić information content (AvgIpc) is 2.42. The summed E-state index contributed by atoms with van der Waals surface area (Å²) in [4.78, 5) is 10.7. The van der Waals surface area contributed by atoms with E-state index in [-0.39, 0.29) is 23.8 Å². The van der Waals surface area contributed by atoms with Crippen molar-refractivity contribution in [1.82, 2.24) is 15.0 Å². The first-order chi connectivity index (χ1) is 10.9. The molecule has 1 heterocycles. The predicted molar refractivity (Wildman–Crippen MR) is 69.4 cm³/mol. The Kier molecular flexibility index (Phi) is 4.40. The van der Waals surface area contributed by atoms with Crippen molar-refractivity contribution in [1.29, 1.82) is 0 Å². The van der Waals surface area contributed by atoms with Crippen LogP contribution in [-0.4, -0.2) is 15.0 Å². The summed E-state index contributed by atoms with van der Waals surface area (Å²) in [7, 11) is 0. The Morgan fingerprint density at radius 3 is 1.67 bits per heavy atom. The molecule has 0 amide bonds. The number of nitrogens with two attached hydrogens (primary N) is 2. The van der Waals surface area contributed by atoms with Crippen molar-refractivity contribution in [2.75, 3.05) is 11.5 Å². The van der Waals surface area contributed by atoms with E-state index in [1.54, 1.807) is 0 Å². The number of ether oxygens (including phenoxy) is 1. The highest BCUT2D eigenvalue weighted by Gasteiger charge is 2.37. The van der Waals surface area contributed by atoms with Crippen LogP contribution in [0.5, 0.6) is 5.75 Å². The number of alkyl halides is 6. The summed E-state index contributed by atoms with van der Waals surface area (Å²) in [5.74, 6) is -1.33. The average molecular weight is 353 g/mol. The first-order valence-electron chi connectivity index (χ1n) is 6.13. The lowest BCUT2D eigenvalue weighted by Crippen LogP contribution is -2.12. The maximum absolute atomic E-state index is 12.7. The number of anilines is 2. The zero-order valence-corrected chi connectivity index (χ0v) is 11.6. The van der Waals surface area contributed by atoms with Crippen LogP contribution in [0.3, 0.4) is 0 Å². The van der Waals surface area contributed by atoms with E-state index in [9.17, 15) is 26.3 Å². The molecule has 1 aromatic carbocycles. The smallest absolute Gasteiger partial charge is 0.416 e. The van der Waals surface area contributed by atoms with Crippen molar-refractivity contribution in [2.45, 2.75) is 19.0 Å². The molecule has 0 radical (unpaired) electrons. The normalized spacial score (nSPS) is 12.2. The van der Waals surface area contributed by atoms with E-state index >= 15 is 0 Å².